The number of carbonyl (C=O) groups excluding carboxylic acids is 2. The minimum atomic E-state index is -4.67. The van der Waals surface area contributed by atoms with Crippen LogP contribution in [-0.2, 0) is 37.8 Å². The number of nitrogens with two attached hydrogens (primary N) is 4. The van der Waals surface area contributed by atoms with E-state index in [1.807, 2.05) is 12.1 Å². The average Bonchev–Trinajstić information content (AvgIpc) is 4.34. The maximum atomic E-state index is 12.0. The van der Waals surface area contributed by atoms with E-state index in [1.54, 1.807) is 51.0 Å². The van der Waals surface area contributed by atoms with Crippen molar-refractivity contribution in [3.8, 4) is 11.5 Å². The number of aromatic nitrogens is 4. The molecule has 8 atom stereocenters. The zero-order valence-electron chi connectivity index (χ0n) is 44.1. The molecule has 4 aromatic rings. The van der Waals surface area contributed by atoms with Crippen LogP contribution in [0, 0.1) is 0 Å². The highest BCUT2D eigenvalue weighted by Gasteiger charge is 2.32. The quantitative estimate of drug-likeness (QED) is 0.0277. The molecular weight excluding hydrogens is 1110 g/mol. The van der Waals surface area contributed by atoms with Gasteiger partial charge >= 0.3 is 33.1 Å². The first-order valence-electron chi connectivity index (χ1n) is 24.6. The molecule has 4 aliphatic rings. The van der Waals surface area contributed by atoms with Crippen molar-refractivity contribution in [2.45, 2.75) is 81.1 Å². The van der Waals surface area contributed by atoms with Gasteiger partial charge in [0.25, 0.3) is 5.91 Å². The molecule has 4 fully saturated rings. The number of hydrogen-bond acceptors (Lipinski definition) is 24. The van der Waals surface area contributed by atoms with E-state index < -0.39 is 74.0 Å². The van der Waals surface area contributed by atoms with Gasteiger partial charge in [-0.3, -0.25) is 43.1 Å². The van der Waals surface area contributed by atoms with Crippen molar-refractivity contribution in [3.05, 3.63) is 79.3 Å². The Kier molecular flexibility index (Phi) is 29.1. The second-order valence-corrected chi connectivity index (χ2v) is 20.9. The van der Waals surface area contributed by atoms with Crippen LogP contribution in [0.25, 0.3) is 0 Å². The lowest BCUT2D eigenvalue weighted by atomic mass is 10.1. The van der Waals surface area contributed by atoms with E-state index in [1.165, 1.54) is 12.1 Å². The Morgan fingerprint density at radius 2 is 1.25 bits per heavy atom. The van der Waals surface area contributed by atoms with Crippen molar-refractivity contribution >= 4 is 72.6 Å². The third kappa shape index (κ3) is 25.2. The second kappa shape index (κ2) is 34.4. The van der Waals surface area contributed by atoms with Gasteiger partial charge in [0.1, 0.15) is 59.2 Å². The molecule has 0 unspecified atom stereocenters. The van der Waals surface area contributed by atoms with E-state index in [2.05, 4.69) is 46.5 Å². The number of nitrogens with zero attached hydrogens (tertiary/aromatic N) is 4. The SMILES string of the molecule is CC(=O)[C@@H]1C[C@H](Oc2cccnc2)CN1.COCCOCCNC(=O)c1ccc(N)c(P(=O)(O)O)c1N.N[C@H]1CN[C@H](C(=O)O)C1.Nc1cncnc1P(=O)(O)O.O=C(O)[C@@H]1C[C@@H](O)CN1.O=C(O)[C@@H]1C[C@H](Oc2ccncc2)CN1. The van der Waals surface area contributed by atoms with Crippen LogP contribution in [0.15, 0.2) is 73.7 Å². The summed E-state index contributed by atoms with van der Waals surface area (Å²) in [4.78, 5) is 105. The molecule has 0 spiro atoms. The monoisotopic (exact) mass is 1180 g/mol. The molecule has 4 aliphatic heterocycles. The van der Waals surface area contributed by atoms with Crippen molar-refractivity contribution < 1.29 is 92.0 Å². The number of rotatable bonds is 17. The van der Waals surface area contributed by atoms with Gasteiger partial charge in [0, 0.05) is 89.4 Å². The van der Waals surface area contributed by atoms with Crippen LogP contribution in [0.4, 0.5) is 17.1 Å². The summed E-state index contributed by atoms with van der Waals surface area (Å²) in [5, 5.41) is 47.8. The first-order chi connectivity index (χ1) is 38.2. The maximum Gasteiger partial charge on any atom is 0.376 e. The highest BCUT2D eigenvalue weighted by Crippen LogP contribution is 2.39. The third-order valence-electron chi connectivity index (χ3n) is 11.5. The lowest BCUT2D eigenvalue weighted by Crippen LogP contribution is -2.30. The molecule has 32 nitrogen and oxygen atoms in total. The molecule has 21 N–H and O–H groups in total. The number of benzene rings is 1. The Morgan fingerprint density at radius 1 is 0.667 bits per heavy atom. The van der Waals surface area contributed by atoms with Crippen molar-refractivity contribution in [3.63, 3.8) is 0 Å². The number of carboxylic acids is 3. The predicted octanol–water partition coefficient (Wildman–Crippen LogP) is -3.48. The highest BCUT2D eigenvalue weighted by atomic mass is 31.2. The van der Waals surface area contributed by atoms with Gasteiger partial charge in [-0.2, -0.15) is 0 Å². The molecule has 4 saturated heterocycles. The number of ether oxygens (including phenoxy) is 4. The molecule has 1 aromatic carbocycles. The number of anilines is 3. The first-order valence-corrected chi connectivity index (χ1v) is 27.8. The number of nitrogen functional groups attached to an aromatic ring is 3. The fraction of sp³-hybridized carbons (Fsp3) is 0.468. The van der Waals surface area contributed by atoms with E-state index >= 15 is 0 Å². The number of nitrogens with one attached hydrogen (secondary N) is 5. The zero-order valence-corrected chi connectivity index (χ0v) is 45.9. The van der Waals surface area contributed by atoms with Crippen LogP contribution in [-0.4, -0.2) is 198 Å². The number of Topliss-reactive ketones (excluding diaryl/α,β-unsaturated/α-hetero) is 1. The number of ketones is 1. The van der Waals surface area contributed by atoms with Crippen LogP contribution in [0.5, 0.6) is 11.5 Å². The van der Waals surface area contributed by atoms with Crippen molar-refractivity contribution in [1.82, 2.24) is 46.5 Å². The number of pyridine rings is 2. The molecule has 3 aromatic heterocycles. The number of methoxy groups -OCH3 is 1. The Bertz CT molecular complexity index is 2620. The summed E-state index contributed by atoms with van der Waals surface area (Å²) >= 11 is 0. The van der Waals surface area contributed by atoms with Gasteiger partial charge in [0.2, 0.25) is 0 Å². The van der Waals surface area contributed by atoms with E-state index in [0.717, 1.165) is 37.0 Å². The summed E-state index contributed by atoms with van der Waals surface area (Å²) in [5.41, 5.74) is 20.7. The lowest BCUT2D eigenvalue weighted by Gasteiger charge is -2.14. The van der Waals surface area contributed by atoms with Gasteiger partial charge in [0.05, 0.1) is 61.3 Å². The predicted molar refractivity (Wildman–Crippen MR) is 291 cm³/mol. The van der Waals surface area contributed by atoms with E-state index in [0.29, 0.717) is 52.1 Å². The van der Waals surface area contributed by atoms with Crippen molar-refractivity contribution in [1.29, 1.82) is 0 Å². The largest absolute Gasteiger partial charge is 0.489 e. The van der Waals surface area contributed by atoms with Gasteiger partial charge in [-0.15, -0.1) is 0 Å². The zero-order chi connectivity index (χ0) is 60.3. The molecule has 34 heteroatoms. The first kappa shape index (κ1) is 68.4. The summed E-state index contributed by atoms with van der Waals surface area (Å²) in [6.45, 7) is 5.26. The topological polar surface area (TPSA) is 534 Å². The second-order valence-electron chi connectivity index (χ2n) is 17.9. The van der Waals surface area contributed by atoms with Gasteiger partial charge in [0.15, 0.2) is 5.44 Å². The Labute approximate surface area is 464 Å². The molecule has 0 aliphatic carbocycles. The molecule has 8 rings (SSSR count). The number of carbonyl (C=O) groups is 5. The normalized spacial score (nSPS) is 21.7. The van der Waals surface area contributed by atoms with Crippen LogP contribution in [0.2, 0.25) is 0 Å². The van der Waals surface area contributed by atoms with E-state index in [-0.39, 0.29) is 65.9 Å². The number of hydrogen-bond donors (Lipinski definition) is 17. The average molecular weight is 1180 g/mol. The number of aliphatic hydroxyl groups excluding tert-OH is 1. The molecular formula is C47H71N13O19P2. The summed E-state index contributed by atoms with van der Waals surface area (Å²) in [7, 11) is -7.46. The van der Waals surface area contributed by atoms with E-state index in [4.69, 9.17) is 72.1 Å². The number of amides is 1. The summed E-state index contributed by atoms with van der Waals surface area (Å²) in [5.74, 6) is -1.42. The van der Waals surface area contributed by atoms with Crippen LogP contribution in [0.3, 0.4) is 0 Å². The van der Waals surface area contributed by atoms with Crippen LogP contribution in [0.1, 0.15) is 43.0 Å². The molecule has 0 radical (unpaired) electrons. The number of aliphatic hydroxyl groups is 1. The molecule has 7 heterocycles. The molecule has 448 valence electrons. The summed E-state index contributed by atoms with van der Waals surface area (Å²) in [6, 6.07) is 8.28. The van der Waals surface area contributed by atoms with Gasteiger partial charge in [-0.25, -0.2) is 9.97 Å². The summed E-state index contributed by atoms with van der Waals surface area (Å²) in [6.07, 6.45) is 10.5. The maximum absolute atomic E-state index is 12.0. The standard InChI is InChI=1S/C12H20N3O6P.C11H14N2O2.C10H12N2O3.C5H10N2O2.C5H9NO3.C4H6N3O3P/c1-20-6-7-21-5-4-15-12(16)8-2-3-9(13)11(10(8)14)22(17,18)19;1-8(14)11-5-10(7-13-11)15-9-3-2-4-12-6-9;13-10(14)9-5-8(6-12-9)15-7-1-3-11-4-2-7;6-3-1-4(5(8)9)7-2-3;7-3-1-4(5(8)9)6-2-3;5-3-1-6-2-7-4(3)11(8,9)10/h2-3H,4-7,13-14H2,1H3,(H,15,16)(H2,17,18,19);2-4,6,10-11,13H,5,7H2,1H3;1-4,8-9,12H,5-6H2,(H,13,14);3-4,7H,1-2,6H2,(H,8,9);3-4,6-7H,1-2H2,(H,8,9);1-2H,5H2,(H2,8,9,10)/t;10-,11-;8-,9-;2*3-,4+;/m.0011./s1. The van der Waals surface area contributed by atoms with E-state index in [9.17, 15) is 42.9 Å². The van der Waals surface area contributed by atoms with Crippen LogP contribution < -0.4 is 69.7 Å². The Balaban J connectivity index is 0.000000262. The smallest absolute Gasteiger partial charge is 0.376 e. The third-order valence-corrected chi connectivity index (χ3v) is 13.5. The van der Waals surface area contributed by atoms with Crippen molar-refractivity contribution in [2.75, 3.05) is 76.9 Å². The van der Waals surface area contributed by atoms with Gasteiger partial charge < -0.3 is 108 Å². The van der Waals surface area contributed by atoms with Gasteiger partial charge in [-0.05, 0) is 49.7 Å². The van der Waals surface area contributed by atoms with Crippen molar-refractivity contribution in [2.24, 2.45) is 5.73 Å². The Morgan fingerprint density at radius 3 is 1.70 bits per heavy atom. The van der Waals surface area contributed by atoms with Gasteiger partial charge in [-0.1, -0.05) is 0 Å². The fourth-order valence-corrected chi connectivity index (χ4v) is 8.90. The molecule has 0 bridgehead atoms. The molecule has 1 amide bonds. The molecule has 81 heavy (non-hydrogen) atoms. The fourth-order valence-electron chi connectivity index (χ4n) is 7.46. The Hall–Kier alpha value is -6.87. The lowest BCUT2D eigenvalue weighted by molar-refractivity contribution is -0.140. The minimum Gasteiger partial charge on any atom is -0.489 e. The number of β-amino-alcohol motifs (C(OH)–C–C–N with tert-alkyl or cyclic N) is 1. The summed E-state index contributed by atoms with van der Waals surface area (Å²) < 4.78 is 43.2. The molecule has 0 saturated carbocycles. The number of aliphatic carboxylic acids is 3. The highest BCUT2D eigenvalue weighted by molar-refractivity contribution is 7.61. The van der Waals surface area contributed by atoms with Crippen LogP contribution >= 0.6 is 15.2 Å². The minimum absolute atomic E-state index is 0.0195. The number of carboxylic acid groups (broad SMARTS) is 3.